The van der Waals surface area contributed by atoms with Crippen LogP contribution >= 0.6 is 0 Å². The normalized spacial score (nSPS) is 10.9. The molecule has 7 heteroatoms. The molecule has 23 heavy (non-hydrogen) atoms. The molecule has 0 bridgehead atoms. The Morgan fingerprint density at radius 1 is 1.39 bits per heavy atom. The number of aryl methyl sites for hydroxylation is 1. The molecule has 0 fully saturated rings. The zero-order chi connectivity index (χ0) is 16.4. The van der Waals surface area contributed by atoms with E-state index >= 15 is 0 Å². The van der Waals surface area contributed by atoms with Crippen LogP contribution in [0.2, 0.25) is 0 Å². The van der Waals surface area contributed by atoms with E-state index in [1.165, 1.54) is 0 Å². The highest BCUT2D eigenvalue weighted by atomic mass is 16.5. The SMILES string of the molecule is CCCNC(=O)c1nc(-c2oc3ccc(OC)cc3c2C)no1. The molecular weight excluding hydrogens is 298 g/mol. The van der Waals surface area contributed by atoms with Gasteiger partial charge in [0, 0.05) is 17.5 Å². The van der Waals surface area contributed by atoms with Gasteiger partial charge in [0.1, 0.15) is 11.3 Å². The number of ether oxygens (including phenoxy) is 1. The molecule has 0 atom stereocenters. The maximum atomic E-state index is 11.8. The number of nitrogens with one attached hydrogen (secondary N) is 1. The lowest BCUT2D eigenvalue weighted by atomic mass is 10.1. The van der Waals surface area contributed by atoms with Crippen molar-refractivity contribution in [3.63, 3.8) is 0 Å². The molecule has 0 saturated heterocycles. The highest BCUT2D eigenvalue weighted by Crippen LogP contribution is 2.33. The first kappa shape index (κ1) is 15.1. The van der Waals surface area contributed by atoms with Crippen LogP contribution in [0.25, 0.3) is 22.6 Å². The largest absolute Gasteiger partial charge is 0.497 e. The van der Waals surface area contributed by atoms with E-state index in [1.54, 1.807) is 7.11 Å². The van der Waals surface area contributed by atoms with Gasteiger partial charge < -0.3 is 19.0 Å². The maximum Gasteiger partial charge on any atom is 0.316 e. The Balaban J connectivity index is 1.96. The minimum atomic E-state index is -0.388. The van der Waals surface area contributed by atoms with Gasteiger partial charge in [-0.1, -0.05) is 12.1 Å². The van der Waals surface area contributed by atoms with Crippen molar-refractivity contribution in [1.29, 1.82) is 0 Å². The van der Waals surface area contributed by atoms with Crippen LogP contribution in [0.5, 0.6) is 5.75 Å². The number of carbonyl (C=O) groups excluding carboxylic acids is 1. The summed E-state index contributed by atoms with van der Waals surface area (Å²) >= 11 is 0. The Kier molecular flexibility index (Phi) is 4.01. The van der Waals surface area contributed by atoms with Gasteiger partial charge in [0.15, 0.2) is 5.76 Å². The van der Waals surface area contributed by atoms with Crippen molar-refractivity contribution in [2.75, 3.05) is 13.7 Å². The van der Waals surface area contributed by atoms with Crippen molar-refractivity contribution < 1.29 is 18.5 Å². The van der Waals surface area contributed by atoms with E-state index in [1.807, 2.05) is 32.0 Å². The highest BCUT2D eigenvalue weighted by molar-refractivity contribution is 5.91. The van der Waals surface area contributed by atoms with Gasteiger partial charge in [-0.05, 0) is 31.5 Å². The third kappa shape index (κ3) is 2.77. The fourth-order valence-electron chi connectivity index (χ4n) is 2.26. The number of carbonyl (C=O) groups is 1. The van der Waals surface area contributed by atoms with E-state index in [9.17, 15) is 4.79 Å². The summed E-state index contributed by atoms with van der Waals surface area (Å²) in [6, 6.07) is 5.52. The van der Waals surface area contributed by atoms with Crippen LogP contribution in [0.1, 0.15) is 29.6 Å². The second-order valence-electron chi connectivity index (χ2n) is 5.10. The minimum absolute atomic E-state index is 0.0779. The molecular formula is C16H17N3O4. The third-order valence-electron chi connectivity index (χ3n) is 3.50. The number of hydrogen-bond donors (Lipinski definition) is 1. The zero-order valence-electron chi connectivity index (χ0n) is 13.2. The van der Waals surface area contributed by atoms with Crippen LogP contribution in [0.3, 0.4) is 0 Å². The van der Waals surface area contributed by atoms with Crippen molar-refractivity contribution in [2.24, 2.45) is 0 Å². The number of methoxy groups -OCH3 is 1. The molecule has 0 spiro atoms. The summed E-state index contributed by atoms with van der Waals surface area (Å²) in [4.78, 5) is 16.0. The molecule has 7 nitrogen and oxygen atoms in total. The Bertz CT molecular complexity index is 850. The lowest BCUT2D eigenvalue weighted by molar-refractivity contribution is 0.0910. The van der Waals surface area contributed by atoms with Crippen molar-refractivity contribution in [3.8, 4) is 17.3 Å². The second-order valence-corrected chi connectivity index (χ2v) is 5.10. The maximum absolute atomic E-state index is 11.8. The van der Waals surface area contributed by atoms with Gasteiger partial charge in [-0.3, -0.25) is 4.79 Å². The third-order valence-corrected chi connectivity index (χ3v) is 3.50. The van der Waals surface area contributed by atoms with Gasteiger partial charge in [0.05, 0.1) is 7.11 Å². The first-order valence-electron chi connectivity index (χ1n) is 7.33. The molecule has 120 valence electrons. The number of fused-ring (bicyclic) bond motifs is 1. The number of aromatic nitrogens is 2. The van der Waals surface area contributed by atoms with E-state index in [0.717, 1.165) is 23.1 Å². The Morgan fingerprint density at radius 2 is 2.22 bits per heavy atom. The summed E-state index contributed by atoms with van der Waals surface area (Å²) in [5, 5.41) is 7.43. The number of rotatable bonds is 5. The van der Waals surface area contributed by atoms with Crippen LogP contribution in [0.15, 0.2) is 27.1 Å². The summed E-state index contributed by atoms with van der Waals surface area (Å²) in [5.74, 6) is 0.999. The predicted molar refractivity (Wildman–Crippen MR) is 83.4 cm³/mol. The molecule has 0 aliphatic heterocycles. The van der Waals surface area contributed by atoms with Gasteiger partial charge >= 0.3 is 11.8 Å². The molecule has 3 aromatic rings. The molecule has 1 aromatic carbocycles. The number of benzene rings is 1. The van der Waals surface area contributed by atoms with Crippen molar-refractivity contribution in [1.82, 2.24) is 15.5 Å². The van der Waals surface area contributed by atoms with Crippen molar-refractivity contribution in [3.05, 3.63) is 29.7 Å². The summed E-state index contributed by atoms with van der Waals surface area (Å²) < 4.78 is 16.0. The summed E-state index contributed by atoms with van der Waals surface area (Å²) in [6.45, 7) is 4.42. The van der Waals surface area contributed by atoms with Gasteiger partial charge in [-0.2, -0.15) is 4.98 Å². The molecule has 2 heterocycles. The van der Waals surface area contributed by atoms with Crippen LogP contribution in [-0.2, 0) is 0 Å². The number of amides is 1. The fourth-order valence-corrected chi connectivity index (χ4v) is 2.26. The molecule has 0 aliphatic carbocycles. The molecule has 1 amide bonds. The number of nitrogens with zero attached hydrogens (tertiary/aromatic N) is 2. The van der Waals surface area contributed by atoms with Gasteiger partial charge in [-0.25, -0.2) is 0 Å². The number of hydrogen-bond acceptors (Lipinski definition) is 6. The van der Waals surface area contributed by atoms with Gasteiger partial charge in [0.25, 0.3) is 0 Å². The van der Waals surface area contributed by atoms with Gasteiger partial charge in [0.2, 0.25) is 5.82 Å². The van der Waals surface area contributed by atoms with E-state index in [4.69, 9.17) is 13.7 Å². The molecule has 1 N–H and O–H groups in total. The lowest BCUT2D eigenvalue weighted by Gasteiger charge is -1.97. The molecule has 3 rings (SSSR count). The molecule has 0 saturated carbocycles. The molecule has 0 aliphatic rings. The van der Waals surface area contributed by atoms with E-state index < -0.39 is 0 Å². The van der Waals surface area contributed by atoms with Crippen molar-refractivity contribution in [2.45, 2.75) is 20.3 Å². The molecule has 0 unspecified atom stereocenters. The summed E-state index contributed by atoms with van der Waals surface area (Å²) in [7, 11) is 1.61. The van der Waals surface area contributed by atoms with E-state index in [-0.39, 0.29) is 17.6 Å². The zero-order valence-corrected chi connectivity index (χ0v) is 13.2. The van der Waals surface area contributed by atoms with Crippen LogP contribution in [0, 0.1) is 6.92 Å². The van der Waals surface area contributed by atoms with E-state index in [2.05, 4.69) is 15.5 Å². The first-order chi connectivity index (χ1) is 11.1. The van der Waals surface area contributed by atoms with Crippen LogP contribution in [-0.4, -0.2) is 29.7 Å². The molecule has 0 radical (unpaired) electrons. The second kappa shape index (κ2) is 6.12. The number of furan rings is 1. The Labute approximate surface area is 132 Å². The standard InChI is InChI=1S/C16H17N3O4/c1-4-7-17-15(20)16-18-14(19-23-16)13-9(2)11-8-10(21-3)5-6-12(11)22-13/h5-6,8H,4,7H2,1-3H3,(H,17,20). The Morgan fingerprint density at radius 3 is 2.96 bits per heavy atom. The smallest absolute Gasteiger partial charge is 0.316 e. The average molecular weight is 315 g/mol. The monoisotopic (exact) mass is 315 g/mol. The first-order valence-corrected chi connectivity index (χ1v) is 7.33. The van der Waals surface area contributed by atoms with Crippen LogP contribution in [0.4, 0.5) is 0 Å². The quantitative estimate of drug-likeness (QED) is 0.778. The predicted octanol–water partition coefficient (Wildman–Crippen LogP) is 2.94. The molecule has 2 aromatic heterocycles. The Hall–Kier alpha value is -2.83. The topological polar surface area (TPSA) is 90.4 Å². The van der Waals surface area contributed by atoms with Gasteiger partial charge in [-0.15, -0.1) is 0 Å². The minimum Gasteiger partial charge on any atom is -0.497 e. The average Bonchev–Trinajstić information content (AvgIpc) is 3.17. The lowest BCUT2D eigenvalue weighted by Crippen LogP contribution is -2.24. The van der Waals surface area contributed by atoms with Crippen LogP contribution < -0.4 is 10.1 Å². The fraction of sp³-hybridized carbons (Fsp3) is 0.312. The summed E-state index contributed by atoms with van der Waals surface area (Å²) in [5.41, 5.74) is 1.56. The van der Waals surface area contributed by atoms with Crippen molar-refractivity contribution >= 4 is 16.9 Å². The van der Waals surface area contributed by atoms with E-state index in [0.29, 0.717) is 17.9 Å². The summed E-state index contributed by atoms with van der Waals surface area (Å²) in [6.07, 6.45) is 0.831. The highest BCUT2D eigenvalue weighted by Gasteiger charge is 2.21.